The molecule has 34 heteroatoms. The van der Waals surface area contributed by atoms with Gasteiger partial charge in [0.15, 0.2) is 0 Å². The first-order valence-corrected chi connectivity index (χ1v) is 36.6. The van der Waals surface area contributed by atoms with Crippen LogP contribution < -0.4 is 32.3 Å². The Balaban J connectivity index is 1.27. The van der Waals surface area contributed by atoms with Crippen LogP contribution >= 0.6 is 23.5 Å². The molecule has 0 aromatic heterocycles. The molecule has 2 bridgehead atoms. The number of primary amides is 1. The lowest BCUT2D eigenvalue weighted by Gasteiger charge is -2.37. The molecule has 12 N–H and O–H groups in total. The number of fused-ring (bicyclic) bond motifs is 3. The van der Waals surface area contributed by atoms with Gasteiger partial charge in [-0.1, -0.05) is 68.3 Å². The number of carbonyl (C=O) groups excluding carboxylic acids is 9. The number of benzene rings is 2. The SMILES string of the molecule is CCCCCC(=O)N[C@H]1CSCc2cc(cc(CN3CCN(C(=O)CN4CCN(CC(=O)O)CCN(CC(=O)O)CCN(CC(=O)O)CC4)CC3)c2)CSC[C@@H](C(=O)O)NC(=O)[C@H](Cc2ccccc2)NC(=O)[C@H](CCC(N)=O)NC(=O)[C@H]([C@@H](C)O)NC(=O)[C@@H]2CCCN2C(=O)CN(C)C1=O. The van der Waals surface area contributed by atoms with Crippen molar-refractivity contribution in [3.8, 4) is 0 Å². The summed E-state index contributed by atoms with van der Waals surface area (Å²) in [5, 5.41) is 63.6. The van der Waals surface area contributed by atoms with Crippen LogP contribution in [0, 0.1) is 0 Å². The van der Waals surface area contributed by atoms with Crippen molar-refractivity contribution >= 4 is 101 Å². The van der Waals surface area contributed by atoms with E-state index < -0.39 is 127 Å². The molecule has 2 aromatic rings. The van der Waals surface area contributed by atoms with Crippen molar-refractivity contribution in [3.05, 3.63) is 70.8 Å². The van der Waals surface area contributed by atoms with Crippen molar-refractivity contribution in [2.75, 3.05) is 136 Å². The van der Waals surface area contributed by atoms with Crippen molar-refractivity contribution in [2.45, 2.75) is 132 Å². The maximum atomic E-state index is 14.5. The number of thioether (sulfide) groups is 2. The number of nitrogens with one attached hydrogen (secondary N) is 5. The first kappa shape index (κ1) is 82.0. The molecule has 4 heterocycles. The van der Waals surface area contributed by atoms with Crippen molar-refractivity contribution in [1.29, 1.82) is 0 Å². The molecule has 0 aliphatic carbocycles. The normalized spacial score (nSPS) is 23.3. The monoisotopic (exact) mass is 1450 g/mol. The zero-order valence-corrected chi connectivity index (χ0v) is 59.4. The van der Waals surface area contributed by atoms with E-state index in [0.29, 0.717) is 56.9 Å². The molecule has 3 fully saturated rings. The zero-order chi connectivity index (χ0) is 73.7. The van der Waals surface area contributed by atoms with Crippen molar-refractivity contribution in [1.82, 2.24) is 65.8 Å². The quantitative estimate of drug-likeness (QED) is 0.0553. The van der Waals surface area contributed by atoms with Gasteiger partial charge in [-0.25, -0.2) is 4.79 Å². The molecule has 6 rings (SSSR count). The fourth-order valence-corrected chi connectivity index (χ4v) is 14.3. The lowest BCUT2D eigenvalue weighted by atomic mass is 10.0. The summed E-state index contributed by atoms with van der Waals surface area (Å²) in [4.78, 5) is 187. The number of aliphatic hydroxyl groups is 1. The molecule has 4 aliphatic heterocycles. The lowest BCUT2D eigenvalue weighted by Crippen LogP contribution is -2.61. The molecular weight excluding hydrogens is 1350 g/mol. The Morgan fingerprint density at radius 3 is 1.68 bits per heavy atom. The number of amides is 9. The first-order valence-electron chi connectivity index (χ1n) is 34.3. The predicted molar refractivity (Wildman–Crippen MR) is 373 cm³/mol. The van der Waals surface area contributed by atoms with E-state index in [1.54, 1.807) is 49.9 Å². The van der Waals surface area contributed by atoms with Gasteiger partial charge in [-0.3, -0.25) is 82.0 Å². The number of aliphatic hydroxyl groups excluding tert-OH is 1. The Kier molecular flexibility index (Phi) is 33.9. The number of carboxylic acids is 4. The molecule has 2 aromatic carbocycles. The molecule has 4 aliphatic rings. The summed E-state index contributed by atoms with van der Waals surface area (Å²) in [5.74, 6) is -10.5. The molecule has 0 saturated carbocycles. The number of unbranched alkanes of at least 4 members (excludes halogenated alkanes) is 2. The Morgan fingerprint density at radius 1 is 0.614 bits per heavy atom. The molecule has 0 radical (unpaired) electrons. The van der Waals surface area contributed by atoms with E-state index in [4.69, 9.17) is 5.73 Å². The predicted octanol–water partition coefficient (Wildman–Crippen LogP) is -2.29. The average Bonchev–Trinajstić information content (AvgIpc) is 1.78. The smallest absolute Gasteiger partial charge is 0.327 e. The van der Waals surface area contributed by atoms with Gasteiger partial charge in [-0.05, 0) is 54.9 Å². The number of hydrogen-bond donors (Lipinski definition) is 11. The van der Waals surface area contributed by atoms with Crippen molar-refractivity contribution in [3.63, 3.8) is 0 Å². The minimum atomic E-state index is -1.72. The first-order chi connectivity index (χ1) is 48.1. The summed E-state index contributed by atoms with van der Waals surface area (Å²) in [5.41, 5.74) is 8.50. The van der Waals surface area contributed by atoms with Crippen LogP contribution in [0.15, 0.2) is 48.5 Å². The number of carboxylic acid groups (broad SMARTS) is 4. The summed E-state index contributed by atoms with van der Waals surface area (Å²) in [6, 6.07) is 5.87. The van der Waals surface area contributed by atoms with E-state index in [1.165, 1.54) is 47.3 Å². The Labute approximate surface area is 596 Å². The zero-order valence-electron chi connectivity index (χ0n) is 57.8. The minimum Gasteiger partial charge on any atom is -0.480 e. The number of rotatable bonds is 22. The molecular formula is C67H100N14O18S2. The summed E-state index contributed by atoms with van der Waals surface area (Å²) in [6.45, 7) is 5.85. The molecule has 101 heavy (non-hydrogen) atoms. The van der Waals surface area contributed by atoms with Gasteiger partial charge in [0.1, 0.15) is 36.3 Å². The standard InChI is InChI=1S/C67H100N14O18S2/c1-4-5-7-14-55(84)69-51-42-100-40-47-30-46(34-75-26-28-80(29-27-75)56(85)36-76-18-20-77(37-58(87)88)22-24-79(39-60(91)92)25-23-78(21-19-76)38-59(89)90)31-48(32-47)41-101-43-52(67(98)99)72-63(94)50(33-45-11-8-6-9-12-45)71-62(93)49(15-16-54(68)83)70-65(96)61(44(2)82)73-64(95)53-13-10-17-81(53)57(86)35-74(3)66(51)97/h6,8-9,11-12,30-32,44,49-53,61,82H,4-5,7,10,13-29,33-43H2,1-3H3,(H2,68,83)(H,69,84)(H,70,96)(H,71,93)(H,72,94)(H,73,95)(H,87,88)(H,89,90)(H,91,92)(H,98,99)/t44-,49+,50+,51+,52+,53+,61+/m1/s1. The van der Waals surface area contributed by atoms with Crippen LogP contribution in [0.1, 0.15) is 87.5 Å². The highest BCUT2D eigenvalue weighted by molar-refractivity contribution is 7.98. The van der Waals surface area contributed by atoms with Gasteiger partial charge >= 0.3 is 23.9 Å². The molecule has 7 atom stereocenters. The van der Waals surface area contributed by atoms with Crippen LogP contribution in [-0.2, 0) is 86.8 Å². The van der Waals surface area contributed by atoms with E-state index in [2.05, 4.69) is 31.5 Å². The summed E-state index contributed by atoms with van der Waals surface area (Å²) in [6.07, 6.45) is 0.278. The third-order valence-electron chi connectivity index (χ3n) is 17.9. The van der Waals surface area contributed by atoms with E-state index in [9.17, 15) is 87.9 Å². The highest BCUT2D eigenvalue weighted by Gasteiger charge is 2.40. The number of carbonyl (C=O) groups is 13. The third-order valence-corrected chi connectivity index (χ3v) is 20.1. The number of hydrogen-bond acceptors (Lipinski definition) is 21. The van der Waals surface area contributed by atoms with E-state index in [-0.39, 0.29) is 133 Å². The maximum Gasteiger partial charge on any atom is 0.327 e. The van der Waals surface area contributed by atoms with Gasteiger partial charge in [0.2, 0.25) is 53.2 Å². The average molecular weight is 1450 g/mol. The Bertz CT molecular complexity index is 3150. The minimum absolute atomic E-state index is 0.0268. The Hall–Kier alpha value is -7.99. The molecule has 3 saturated heterocycles. The van der Waals surface area contributed by atoms with Gasteiger partial charge in [-0.15, -0.1) is 0 Å². The van der Waals surface area contributed by atoms with Crippen LogP contribution in [0.4, 0.5) is 0 Å². The van der Waals surface area contributed by atoms with Crippen LogP contribution in [0.3, 0.4) is 0 Å². The van der Waals surface area contributed by atoms with Gasteiger partial charge < -0.3 is 72.5 Å². The van der Waals surface area contributed by atoms with Crippen LogP contribution in [0.25, 0.3) is 0 Å². The second-order valence-corrected chi connectivity index (χ2v) is 28.2. The topological polar surface area (TPSA) is 435 Å². The van der Waals surface area contributed by atoms with Gasteiger partial charge in [-0.2, -0.15) is 23.5 Å². The molecule has 0 spiro atoms. The van der Waals surface area contributed by atoms with Crippen LogP contribution in [0.2, 0.25) is 0 Å². The van der Waals surface area contributed by atoms with Crippen molar-refractivity contribution < 1.29 is 87.9 Å². The third kappa shape index (κ3) is 28.4. The maximum absolute atomic E-state index is 14.5. The Morgan fingerprint density at radius 2 is 1.15 bits per heavy atom. The lowest BCUT2D eigenvalue weighted by molar-refractivity contribution is -0.144. The fourth-order valence-electron chi connectivity index (χ4n) is 12.4. The highest BCUT2D eigenvalue weighted by atomic mass is 32.2. The van der Waals surface area contributed by atoms with Crippen LogP contribution in [0.5, 0.6) is 0 Å². The largest absolute Gasteiger partial charge is 0.480 e. The number of piperazine rings is 1. The summed E-state index contributed by atoms with van der Waals surface area (Å²) < 4.78 is 0. The van der Waals surface area contributed by atoms with E-state index in [1.807, 2.05) is 30.0 Å². The molecule has 0 unspecified atom stereocenters. The molecule has 9 amide bonds. The molecule has 32 nitrogen and oxygen atoms in total. The second-order valence-electron chi connectivity index (χ2n) is 26.1. The highest BCUT2D eigenvalue weighted by Crippen LogP contribution is 2.25. The van der Waals surface area contributed by atoms with Crippen molar-refractivity contribution in [2.24, 2.45) is 5.73 Å². The fraction of sp³-hybridized carbons (Fsp3) is 0.627. The van der Waals surface area contributed by atoms with E-state index >= 15 is 0 Å². The van der Waals surface area contributed by atoms with E-state index in [0.717, 1.165) is 29.5 Å². The number of likely N-dealkylation sites (N-methyl/N-ethyl adjacent to an activating group) is 1. The number of nitrogens with zero attached hydrogens (tertiary/aromatic N) is 8. The second kappa shape index (κ2) is 41.8. The summed E-state index contributed by atoms with van der Waals surface area (Å²) in [7, 11) is 1.41. The van der Waals surface area contributed by atoms with Gasteiger partial charge in [0.05, 0.1) is 38.8 Å². The van der Waals surface area contributed by atoms with Crippen LogP contribution in [-0.4, -0.2) is 320 Å². The molecule has 558 valence electrons. The van der Waals surface area contributed by atoms with Gasteiger partial charge in [0, 0.05) is 141 Å². The summed E-state index contributed by atoms with van der Waals surface area (Å²) >= 11 is 2.56. The number of nitrogens with two attached hydrogens (primary N) is 1. The number of aliphatic carboxylic acids is 4. The van der Waals surface area contributed by atoms with Gasteiger partial charge in [0.25, 0.3) is 0 Å².